The minimum absolute atomic E-state index is 0.356. The number of carbonyl (C=O) groups is 1. The fraction of sp³-hybridized carbons (Fsp3) is 0.696. The second-order valence-electron chi connectivity index (χ2n) is 8.24. The minimum atomic E-state index is 0.356. The molecule has 2 aliphatic heterocycles. The first-order chi connectivity index (χ1) is 13.2. The van der Waals surface area contributed by atoms with Gasteiger partial charge in [-0.15, -0.1) is 0 Å². The molecule has 0 radical (unpaired) electrons. The van der Waals surface area contributed by atoms with Crippen molar-refractivity contribution in [3.05, 3.63) is 29.3 Å². The second-order valence-corrected chi connectivity index (χ2v) is 8.24. The van der Waals surface area contributed by atoms with E-state index >= 15 is 0 Å². The molecular weight excluding hydrogens is 336 g/mol. The monoisotopic (exact) mass is 372 g/mol. The predicted molar refractivity (Wildman–Crippen MR) is 110 cm³/mol. The van der Waals surface area contributed by atoms with Crippen molar-refractivity contribution in [2.45, 2.75) is 71.3 Å². The van der Waals surface area contributed by atoms with E-state index in [1.807, 2.05) is 0 Å². The largest absolute Gasteiger partial charge is 0.493 e. The molecule has 4 heteroatoms. The number of benzene rings is 1. The zero-order valence-electron chi connectivity index (χ0n) is 17.1. The molecule has 2 unspecified atom stereocenters. The molecule has 0 saturated carbocycles. The summed E-state index contributed by atoms with van der Waals surface area (Å²) in [6.45, 7) is 8.41. The van der Waals surface area contributed by atoms with Gasteiger partial charge in [0.05, 0.1) is 6.61 Å². The number of nitrogens with one attached hydrogen (secondary N) is 1. The number of amides is 1. The van der Waals surface area contributed by atoms with Gasteiger partial charge >= 0.3 is 0 Å². The third-order valence-corrected chi connectivity index (χ3v) is 6.12. The number of hydrogen-bond donors (Lipinski definition) is 1. The molecule has 0 aromatic heterocycles. The molecule has 2 atom stereocenters. The van der Waals surface area contributed by atoms with Crippen molar-refractivity contribution in [1.82, 2.24) is 10.2 Å². The van der Waals surface area contributed by atoms with Crippen LogP contribution in [0, 0.1) is 5.92 Å². The van der Waals surface area contributed by atoms with Gasteiger partial charge in [-0.3, -0.25) is 4.79 Å². The van der Waals surface area contributed by atoms with Crippen molar-refractivity contribution in [3.63, 3.8) is 0 Å². The van der Waals surface area contributed by atoms with Gasteiger partial charge in [0, 0.05) is 32.0 Å². The van der Waals surface area contributed by atoms with Crippen molar-refractivity contribution < 1.29 is 9.53 Å². The van der Waals surface area contributed by atoms with Crippen LogP contribution < -0.4 is 10.1 Å². The first kappa shape index (κ1) is 20.2. The van der Waals surface area contributed by atoms with E-state index in [2.05, 4.69) is 42.3 Å². The molecule has 2 aliphatic rings. The number of piperidine rings is 1. The first-order valence-corrected chi connectivity index (χ1v) is 10.9. The quantitative estimate of drug-likeness (QED) is 0.632. The lowest BCUT2D eigenvalue weighted by Gasteiger charge is -2.27. The van der Waals surface area contributed by atoms with Crippen molar-refractivity contribution in [2.24, 2.45) is 5.92 Å². The average molecular weight is 373 g/mol. The summed E-state index contributed by atoms with van der Waals surface area (Å²) in [7, 11) is 0. The summed E-state index contributed by atoms with van der Waals surface area (Å²) in [6.07, 6.45) is 8.56. The Balaban J connectivity index is 1.37. The van der Waals surface area contributed by atoms with E-state index < -0.39 is 0 Å². The Labute approximate surface area is 164 Å². The Morgan fingerprint density at radius 1 is 1.22 bits per heavy atom. The maximum absolute atomic E-state index is 11.8. The van der Waals surface area contributed by atoms with Gasteiger partial charge in [0.25, 0.3) is 0 Å². The summed E-state index contributed by atoms with van der Waals surface area (Å²) in [4.78, 5) is 13.9. The fourth-order valence-corrected chi connectivity index (χ4v) is 4.44. The second kappa shape index (κ2) is 10.1. The summed E-state index contributed by atoms with van der Waals surface area (Å²) >= 11 is 0. The van der Waals surface area contributed by atoms with E-state index in [9.17, 15) is 4.79 Å². The number of fused-ring (bicyclic) bond motifs is 1. The zero-order valence-corrected chi connectivity index (χ0v) is 17.1. The topological polar surface area (TPSA) is 41.6 Å². The highest BCUT2D eigenvalue weighted by Gasteiger charge is 2.19. The maximum Gasteiger partial charge on any atom is 0.222 e. The number of rotatable bonds is 10. The molecule has 150 valence electrons. The molecule has 1 aromatic rings. The molecule has 4 nitrogen and oxygen atoms in total. The van der Waals surface area contributed by atoms with Crippen LogP contribution in [0.4, 0.5) is 0 Å². The van der Waals surface area contributed by atoms with Gasteiger partial charge in [0.2, 0.25) is 5.91 Å². The summed E-state index contributed by atoms with van der Waals surface area (Å²) < 4.78 is 5.62. The summed E-state index contributed by atoms with van der Waals surface area (Å²) in [5, 5.41) is 3.76. The van der Waals surface area contributed by atoms with Crippen LogP contribution in [0.1, 0.15) is 63.5 Å². The highest BCUT2D eigenvalue weighted by molar-refractivity contribution is 5.76. The third kappa shape index (κ3) is 5.71. The Morgan fingerprint density at radius 2 is 2.11 bits per heavy atom. The van der Waals surface area contributed by atoms with Crippen LogP contribution in [0.2, 0.25) is 0 Å². The van der Waals surface area contributed by atoms with E-state index in [4.69, 9.17) is 4.74 Å². The smallest absolute Gasteiger partial charge is 0.222 e. The standard InChI is InChI=1S/C23H36N2O2/c1-3-21(24-12-5-7-14-25-13-6-4-8-23(25)26)18(2)16-19-9-10-22-20(17-19)11-15-27-22/h9-10,17-18,21,24H,3-8,11-16H2,1-2H3. The van der Waals surface area contributed by atoms with Crippen LogP contribution >= 0.6 is 0 Å². The Kier molecular flexibility index (Phi) is 7.57. The van der Waals surface area contributed by atoms with Crippen molar-refractivity contribution in [3.8, 4) is 5.75 Å². The Hall–Kier alpha value is -1.55. The molecule has 27 heavy (non-hydrogen) atoms. The van der Waals surface area contributed by atoms with E-state index in [1.54, 1.807) is 0 Å². The average Bonchev–Trinajstić information content (AvgIpc) is 3.13. The van der Waals surface area contributed by atoms with Crippen LogP contribution in [0.5, 0.6) is 5.75 Å². The van der Waals surface area contributed by atoms with Gasteiger partial charge in [0.1, 0.15) is 5.75 Å². The third-order valence-electron chi connectivity index (χ3n) is 6.12. The molecular formula is C23H36N2O2. The van der Waals surface area contributed by atoms with Gasteiger partial charge < -0.3 is 15.0 Å². The molecule has 1 fully saturated rings. The molecule has 3 rings (SSSR count). The van der Waals surface area contributed by atoms with Gasteiger partial charge in [-0.05, 0) is 68.2 Å². The molecule has 1 N–H and O–H groups in total. The highest BCUT2D eigenvalue weighted by atomic mass is 16.5. The first-order valence-electron chi connectivity index (χ1n) is 10.9. The van der Waals surface area contributed by atoms with Crippen LogP contribution in [-0.2, 0) is 17.6 Å². The van der Waals surface area contributed by atoms with Crippen LogP contribution in [0.15, 0.2) is 18.2 Å². The molecule has 1 saturated heterocycles. The Bertz CT molecular complexity index is 616. The zero-order chi connectivity index (χ0) is 19.1. The fourth-order valence-electron chi connectivity index (χ4n) is 4.44. The molecule has 1 amide bonds. The summed E-state index contributed by atoms with van der Waals surface area (Å²) in [5.41, 5.74) is 2.79. The normalized spacial score (nSPS) is 18.9. The number of ether oxygens (including phenoxy) is 1. The number of unbranched alkanes of at least 4 members (excludes halogenated alkanes) is 1. The van der Waals surface area contributed by atoms with Gasteiger partial charge in [-0.25, -0.2) is 0 Å². The van der Waals surface area contributed by atoms with Crippen molar-refractivity contribution in [1.29, 1.82) is 0 Å². The van der Waals surface area contributed by atoms with Crippen molar-refractivity contribution >= 4 is 5.91 Å². The van der Waals surface area contributed by atoms with Crippen LogP contribution in [0.25, 0.3) is 0 Å². The minimum Gasteiger partial charge on any atom is -0.493 e. The lowest BCUT2D eigenvalue weighted by Crippen LogP contribution is -2.37. The van der Waals surface area contributed by atoms with E-state index in [1.165, 1.54) is 17.5 Å². The highest BCUT2D eigenvalue weighted by Crippen LogP contribution is 2.27. The molecule has 1 aromatic carbocycles. The number of hydrogen-bond acceptors (Lipinski definition) is 3. The maximum atomic E-state index is 11.8. The van der Waals surface area contributed by atoms with Gasteiger partial charge in [-0.1, -0.05) is 26.0 Å². The van der Waals surface area contributed by atoms with Crippen LogP contribution in [0.3, 0.4) is 0 Å². The lowest BCUT2D eigenvalue weighted by atomic mass is 9.91. The van der Waals surface area contributed by atoms with Gasteiger partial charge in [0.15, 0.2) is 0 Å². The number of carbonyl (C=O) groups excluding carboxylic acids is 1. The lowest BCUT2D eigenvalue weighted by molar-refractivity contribution is -0.133. The van der Waals surface area contributed by atoms with Crippen molar-refractivity contribution in [2.75, 3.05) is 26.2 Å². The van der Waals surface area contributed by atoms with E-state index in [0.717, 1.165) is 76.9 Å². The summed E-state index contributed by atoms with van der Waals surface area (Å²) in [6, 6.07) is 7.25. The number of nitrogens with zero attached hydrogens (tertiary/aromatic N) is 1. The molecule has 0 spiro atoms. The van der Waals surface area contributed by atoms with Gasteiger partial charge in [-0.2, -0.15) is 0 Å². The molecule has 0 bridgehead atoms. The molecule has 2 heterocycles. The number of likely N-dealkylation sites (tertiary alicyclic amines) is 1. The van der Waals surface area contributed by atoms with E-state index in [0.29, 0.717) is 17.9 Å². The predicted octanol–water partition coefficient (Wildman–Crippen LogP) is 3.96. The SMILES string of the molecule is CCC(NCCCCN1CCCCC1=O)C(C)Cc1ccc2c(c1)CCO2. The van der Waals surface area contributed by atoms with Crippen LogP contribution in [-0.4, -0.2) is 43.1 Å². The molecule has 0 aliphatic carbocycles. The van der Waals surface area contributed by atoms with E-state index in [-0.39, 0.29) is 0 Å². The summed E-state index contributed by atoms with van der Waals surface area (Å²) in [5.74, 6) is 2.04. The Morgan fingerprint density at radius 3 is 2.93 bits per heavy atom.